The van der Waals surface area contributed by atoms with Gasteiger partial charge in [0.15, 0.2) is 0 Å². The van der Waals surface area contributed by atoms with Gasteiger partial charge in [0.1, 0.15) is 10.8 Å². The number of rotatable bonds is 5. The maximum Gasteiger partial charge on any atom is 0.147 e. The molecule has 1 fully saturated rings. The minimum absolute atomic E-state index is 0.621. The van der Waals surface area contributed by atoms with Crippen LogP contribution in [0.3, 0.4) is 0 Å². The molecule has 0 bridgehead atoms. The van der Waals surface area contributed by atoms with Gasteiger partial charge in [-0.15, -0.1) is 0 Å². The van der Waals surface area contributed by atoms with Crippen molar-refractivity contribution in [2.45, 2.75) is 13.3 Å². The van der Waals surface area contributed by atoms with Gasteiger partial charge in [-0.2, -0.15) is 4.37 Å². The minimum Gasteiger partial charge on any atom is -0.382 e. The lowest BCUT2D eigenvalue weighted by atomic mass is 10.1. The van der Waals surface area contributed by atoms with Crippen molar-refractivity contribution in [1.82, 2.24) is 9.27 Å². The molecule has 0 amide bonds. The Morgan fingerprint density at radius 1 is 1.38 bits per heavy atom. The van der Waals surface area contributed by atoms with Crippen LogP contribution in [0.1, 0.15) is 13.3 Å². The predicted octanol–water partition coefficient (Wildman–Crippen LogP) is 3.15. The van der Waals surface area contributed by atoms with Crippen LogP contribution in [-0.4, -0.2) is 35.5 Å². The maximum atomic E-state index is 6.05. The highest BCUT2D eigenvalue weighted by molar-refractivity contribution is 7.11. The van der Waals surface area contributed by atoms with E-state index in [1.54, 1.807) is 0 Å². The Bertz CT molecular complexity index is 581. The molecule has 3 N–H and O–H groups in total. The Morgan fingerprint density at radius 2 is 2.19 bits per heavy atom. The topological polar surface area (TPSA) is 54.2 Å². The molecule has 1 atom stereocenters. The summed E-state index contributed by atoms with van der Waals surface area (Å²) in [5.74, 6) is 1.34. The molecule has 0 radical (unpaired) electrons. The fraction of sp³-hybridized carbons (Fsp3) is 0.438. The van der Waals surface area contributed by atoms with Crippen LogP contribution in [0, 0.1) is 5.92 Å². The van der Waals surface area contributed by atoms with Crippen LogP contribution in [0.15, 0.2) is 30.3 Å². The van der Waals surface area contributed by atoms with Crippen LogP contribution in [0.5, 0.6) is 0 Å². The summed E-state index contributed by atoms with van der Waals surface area (Å²) < 4.78 is 4.32. The standard InChI is InChI=1S/C16H22N4S/c1-2-20-9-8-12(11-20)10-18-16-14(15(17)19-21-16)13-6-4-3-5-7-13/h3-7,12,18H,2,8-11H2,1H3,(H2,17,19). The summed E-state index contributed by atoms with van der Waals surface area (Å²) in [6.07, 6.45) is 1.27. The molecule has 2 heterocycles. The van der Waals surface area contributed by atoms with Gasteiger partial charge in [0.2, 0.25) is 0 Å². The Labute approximate surface area is 130 Å². The van der Waals surface area contributed by atoms with Crippen molar-refractivity contribution in [3.8, 4) is 11.1 Å². The van der Waals surface area contributed by atoms with E-state index < -0.39 is 0 Å². The number of likely N-dealkylation sites (tertiary alicyclic amines) is 1. The van der Waals surface area contributed by atoms with E-state index in [0.717, 1.165) is 35.1 Å². The van der Waals surface area contributed by atoms with Gasteiger partial charge in [0.05, 0.1) is 5.56 Å². The van der Waals surface area contributed by atoms with Crippen molar-refractivity contribution in [3.63, 3.8) is 0 Å². The van der Waals surface area contributed by atoms with E-state index in [4.69, 9.17) is 5.73 Å². The number of nitrogen functional groups attached to an aromatic ring is 1. The van der Waals surface area contributed by atoms with Gasteiger partial charge in [0, 0.05) is 13.1 Å². The summed E-state index contributed by atoms with van der Waals surface area (Å²) in [6, 6.07) is 10.3. The summed E-state index contributed by atoms with van der Waals surface area (Å²) in [5.41, 5.74) is 8.23. The van der Waals surface area contributed by atoms with Crippen LogP contribution >= 0.6 is 11.5 Å². The van der Waals surface area contributed by atoms with Crippen molar-refractivity contribution in [2.75, 3.05) is 37.2 Å². The fourth-order valence-electron chi connectivity index (χ4n) is 2.91. The van der Waals surface area contributed by atoms with Crippen molar-refractivity contribution in [3.05, 3.63) is 30.3 Å². The van der Waals surface area contributed by atoms with Gasteiger partial charge in [0.25, 0.3) is 0 Å². The molecule has 1 aliphatic heterocycles. The molecule has 1 aromatic carbocycles. The van der Waals surface area contributed by atoms with E-state index in [-0.39, 0.29) is 0 Å². The first-order valence-electron chi connectivity index (χ1n) is 7.54. The zero-order valence-electron chi connectivity index (χ0n) is 12.4. The maximum absolute atomic E-state index is 6.05. The number of benzene rings is 1. The minimum atomic E-state index is 0.621. The Balaban J connectivity index is 1.70. The Hall–Kier alpha value is -1.59. The van der Waals surface area contributed by atoms with E-state index in [1.165, 1.54) is 31.0 Å². The first kappa shape index (κ1) is 14.4. The molecule has 21 heavy (non-hydrogen) atoms. The van der Waals surface area contributed by atoms with Crippen LogP contribution in [0.4, 0.5) is 10.8 Å². The number of nitrogens with zero attached hydrogens (tertiary/aromatic N) is 2. The fourth-order valence-corrected chi connectivity index (χ4v) is 3.65. The molecule has 2 aromatic rings. The van der Waals surface area contributed by atoms with E-state index in [1.807, 2.05) is 18.2 Å². The molecule has 1 aromatic heterocycles. The lowest BCUT2D eigenvalue weighted by Crippen LogP contribution is -2.22. The Kier molecular flexibility index (Phi) is 4.41. The summed E-state index contributed by atoms with van der Waals surface area (Å²) in [4.78, 5) is 2.51. The molecule has 0 aliphatic carbocycles. The van der Waals surface area contributed by atoms with Crippen molar-refractivity contribution in [1.29, 1.82) is 0 Å². The molecular formula is C16H22N4S. The normalized spacial score (nSPS) is 19.0. The third kappa shape index (κ3) is 3.19. The van der Waals surface area contributed by atoms with Gasteiger partial charge in [-0.1, -0.05) is 37.3 Å². The number of hydrogen-bond acceptors (Lipinski definition) is 5. The van der Waals surface area contributed by atoms with Gasteiger partial charge in [-0.05, 0) is 42.5 Å². The second-order valence-corrected chi connectivity index (χ2v) is 6.34. The van der Waals surface area contributed by atoms with Crippen LogP contribution in [-0.2, 0) is 0 Å². The highest BCUT2D eigenvalue weighted by Crippen LogP contribution is 2.36. The van der Waals surface area contributed by atoms with Crippen LogP contribution in [0.2, 0.25) is 0 Å². The highest BCUT2D eigenvalue weighted by Gasteiger charge is 2.22. The molecule has 1 unspecified atom stereocenters. The first-order chi connectivity index (χ1) is 10.3. The zero-order chi connectivity index (χ0) is 14.7. The predicted molar refractivity (Wildman–Crippen MR) is 90.7 cm³/mol. The largest absolute Gasteiger partial charge is 0.382 e. The van der Waals surface area contributed by atoms with Crippen molar-refractivity contribution < 1.29 is 0 Å². The van der Waals surface area contributed by atoms with E-state index in [9.17, 15) is 0 Å². The van der Waals surface area contributed by atoms with Crippen molar-refractivity contribution >= 4 is 22.4 Å². The van der Waals surface area contributed by atoms with Crippen LogP contribution < -0.4 is 11.1 Å². The zero-order valence-corrected chi connectivity index (χ0v) is 13.2. The third-order valence-corrected chi connectivity index (χ3v) is 4.97. The average Bonchev–Trinajstić information content (AvgIpc) is 3.12. The number of anilines is 2. The number of nitrogens with one attached hydrogen (secondary N) is 1. The third-order valence-electron chi connectivity index (χ3n) is 4.15. The second-order valence-electron chi connectivity index (χ2n) is 5.57. The van der Waals surface area contributed by atoms with Crippen LogP contribution in [0.25, 0.3) is 11.1 Å². The molecule has 5 heteroatoms. The van der Waals surface area contributed by atoms with Gasteiger partial charge < -0.3 is 16.0 Å². The highest BCUT2D eigenvalue weighted by atomic mass is 32.1. The smallest absolute Gasteiger partial charge is 0.147 e. The number of nitrogens with two attached hydrogens (primary N) is 1. The SMILES string of the molecule is CCN1CCC(CNc2snc(N)c2-c2ccccc2)C1. The lowest BCUT2D eigenvalue weighted by Gasteiger charge is -2.14. The molecule has 3 rings (SSSR count). The quantitative estimate of drug-likeness (QED) is 0.891. The van der Waals surface area contributed by atoms with Crippen molar-refractivity contribution in [2.24, 2.45) is 5.92 Å². The molecular weight excluding hydrogens is 280 g/mol. The first-order valence-corrected chi connectivity index (χ1v) is 8.32. The summed E-state index contributed by atoms with van der Waals surface area (Å²) in [5, 5.41) is 4.66. The lowest BCUT2D eigenvalue weighted by molar-refractivity contribution is 0.345. The summed E-state index contributed by atoms with van der Waals surface area (Å²) in [7, 11) is 0. The number of hydrogen-bond donors (Lipinski definition) is 2. The van der Waals surface area contributed by atoms with E-state index in [2.05, 4.69) is 33.6 Å². The monoisotopic (exact) mass is 302 g/mol. The summed E-state index contributed by atoms with van der Waals surface area (Å²) >= 11 is 1.46. The molecule has 1 saturated heterocycles. The molecule has 112 valence electrons. The average molecular weight is 302 g/mol. The van der Waals surface area contributed by atoms with Gasteiger partial charge in [-0.25, -0.2) is 0 Å². The Morgan fingerprint density at radius 3 is 2.90 bits per heavy atom. The van der Waals surface area contributed by atoms with Gasteiger partial charge in [-0.3, -0.25) is 0 Å². The molecule has 0 saturated carbocycles. The van der Waals surface area contributed by atoms with E-state index >= 15 is 0 Å². The van der Waals surface area contributed by atoms with E-state index in [0.29, 0.717) is 5.82 Å². The second kappa shape index (κ2) is 6.45. The summed E-state index contributed by atoms with van der Waals surface area (Å²) in [6.45, 7) is 6.79. The number of aromatic nitrogens is 1. The molecule has 4 nitrogen and oxygen atoms in total. The molecule has 0 spiro atoms. The van der Waals surface area contributed by atoms with Gasteiger partial charge >= 0.3 is 0 Å². The molecule has 1 aliphatic rings.